The number of halogens is 1. The highest BCUT2D eigenvalue weighted by atomic mass is 32.2. The average Bonchev–Trinajstić information content (AvgIpc) is 2.74. The van der Waals surface area contributed by atoms with Crippen molar-refractivity contribution in [3.63, 3.8) is 0 Å². The fraction of sp³-hybridized carbons (Fsp3) is 0.136. The third-order valence-corrected chi connectivity index (χ3v) is 5.50. The number of anilines is 1. The molecule has 3 aromatic rings. The lowest BCUT2D eigenvalue weighted by Crippen LogP contribution is -2.36. The van der Waals surface area contributed by atoms with Gasteiger partial charge in [-0.1, -0.05) is 24.3 Å². The molecule has 0 bridgehead atoms. The zero-order chi connectivity index (χ0) is 21.6. The first-order chi connectivity index (χ1) is 14.3. The Kier molecular flexibility index (Phi) is 6.68. The van der Waals surface area contributed by atoms with Gasteiger partial charge in [0.25, 0.3) is 15.9 Å². The van der Waals surface area contributed by atoms with Gasteiger partial charge >= 0.3 is 0 Å². The van der Waals surface area contributed by atoms with Crippen LogP contribution in [0.3, 0.4) is 0 Å². The van der Waals surface area contributed by atoms with Crippen molar-refractivity contribution < 1.29 is 22.3 Å². The highest BCUT2D eigenvalue weighted by molar-refractivity contribution is 7.92. The molecule has 0 aliphatic rings. The molecule has 0 aromatic heterocycles. The van der Waals surface area contributed by atoms with Crippen LogP contribution in [0.2, 0.25) is 0 Å². The Morgan fingerprint density at radius 1 is 1.00 bits per heavy atom. The first-order valence-corrected chi connectivity index (χ1v) is 10.7. The molecule has 1 unspecified atom stereocenters. The van der Waals surface area contributed by atoms with Crippen molar-refractivity contribution >= 4 is 21.6 Å². The van der Waals surface area contributed by atoms with E-state index in [0.29, 0.717) is 5.75 Å². The summed E-state index contributed by atoms with van der Waals surface area (Å²) in [4.78, 5) is 12.4. The molecule has 1 atom stereocenters. The minimum atomic E-state index is -3.93. The van der Waals surface area contributed by atoms with E-state index in [1.54, 1.807) is 6.92 Å². The van der Waals surface area contributed by atoms with Crippen LogP contribution in [0.15, 0.2) is 83.8 Å². The van der Waals surface area contributed by atoms with E-state index < -0.39 is 21.7 Å². The number of carbonyl (C=O) groups excluding carboxylic acids is 1. The summed E-state index contributed by atoms with van der Waals surface area (Å²) in [5, 5.41) is 2.78. The summed E-state index contributed by atoms with van der Waals surface area (Å²) in [6.07, 6.45) is 0. The monoisotopic (exact) mass is 428 g/mol. The summed E-state index contributed by atoms with van der Waals surface area (Å²) in [5.74, 6) is -0.196. The maximum atomic E-state index is 13.0. The summed E-state index contributed by atoms with van der Waals surface area (Å²) in [6.45, 7) is 2.05. The van der Waals surface area contributed by atoms with Gasteiger partial charge in [0.2, 0.25) is 0 Å². The minimum Gasteiger partial charge on any atom is -0.491 e. The van der Waals surface area contributed by atoms with Gasteiger partial charge < -0.3 is 10.1 Å². The SMILES string of the molecule is CC(COc1ccccc1)NC(=O)c1cccc(S(=O)(=O)Nc2ccc(F)cc2)c1. The van der Waals surface area contributed by atoms with E-state index in [9.17, 15) is 17.6 Å². The largest absolute Gasteiger partial charge is 0.491 e. The quantitative estimate of drug-likeness (QED) is 0.571. The maximum absolute atomic E-state index is 13.0. The van der Waals surface area contributed by atoms with Crippen LogP contribution in [-0.2, 0) is 10.0 Å². The Morgan fingerprint density at radius 2 is 1.70 bits per heavy atom. The van der Waals surface area contributed by atoms with E-state index >= 15 is 0 Å². The molecule has 8 heteroatoms. The van der Waals surface area contributed by atoms with Crippen LogP contribution >= 0.6 is 0 Å². The average molecular weight is 428 g/mol. The molecule has 156 valence electrons. The number of hydrogen-bond acceptors (Lipinski definition) is 4. The standard InChI is InChI=1S/C22H21FN2O4S/c1-16(15-29-20-7-3-2-4-8-20)24-22(26)17-6-5-9-21(14-17)30(27,28)25-19-12-10-18(23)11-13-19/h2-14,16,25H,15H2,1H3,(H,24,26). The molecule has 6 nitrogen and oxygen atoms in total. The summed E-state index contributed by atoms with van der Waals surface area (Å²) in [5.41, 5.74) is 0.418. The molecule has 0 saturated carbocycles. The van der Waals surface area contributed by atoms with Crippen LogP contribution < -0.4 is 14.8 Å². The molecular weight excluding hydrogens is 407 g/mol. The second-order valence-corrected chi connectivity index (χ2v) is 8.32. The van der Waals surface area contributed by atoms with Crippen LogP contribution in [0.4, 0.5) is 10.1 Å². The fourth-order valence-electron chi connectivity index (χ4n) is 2.62. The third kappa shape index (κ3) is 5.81. The maximum Gasteiger partial charge on any atom is 0.261 e. The van der Waals surface area contributed by atoms with E-state index in [1.165, 1.54) is 36.4 Å². The van der Waals surface area contributed by atoms with Crippen molar-refractivity contribution in [3.8, 4) is 5.75 Å². The first-order valence-electron chi connectivity index (χ1n) is 9.21. The van der Waals surface area contributed by atoms with Crippen LogP contribution in [0.1, 0.15) is 17.3 Å². The molecule has 1 amide bonds. The number of amides is 1. The molecule has 2 N–H and O–H groups in total. The summed E-state index contributed by atoms with van der Waals surface area (Å²) in [7, 11) is -3.93. The van der Waals surface area contributed by atoms with Crippen molar-refractivity contribution in [2.75, 3.05) is 11.3 Å². The van der Waals surface area contributed by atoms with Crippen molar-refractivity contribution in [2.45, 2.75) is 17.9 Å². The molecule has 3 aromatic carbocycles. The van der Waals surface area contributed by atoms with Gasteiger partial charge in [0.05, 0.1) is 10.9 Å². The Bertz CT molecular complexity index is 1100. The lowest BCUT2D eigenvalue weighted by molar-refractivity contribution is 0.0926. The smallest absolute Gasteiger partial charge is 0.261 e. The molecule has 0 aliphatic carbocycles. The van der Waals surface area contributed by atoms with E-state index in [1.807, 2.05) is 30.3 Å². The van der Waals surface area contributed by atoms with Crippen LogP contribution in [0, 0.1) is 5.82 Å². The molecule has 0 aliphatic heterocycles. The van der Waals surface area contributed by atoms with E-state index in [4.69, 9.17) is 4.74 Å². The van der Waals surface area contributed by atoms with Crippen molar-refractivity contribution in [3.05, 3.63) is 90.2 Å². The van der Waals surface area contributed by atoms with Gasteiger partial charge in [-0.05, 0) is 61.5 Å². The summed E-state index contributed by atoms with van der Waals surface area (Å²) < 4.78 is 46.2. The number of sulfonamides is 1. The molecule has 0 radical (unpaired) electrons. The zero-order valence-electron chi connectivity index (χ0n) is 16.2. The van der Waals surface area contributed by atoms with E-state index in [0.717, 1.165) is 12.1 Å². The number of carbonyl (C=O) groups is 1. The first kappa shape index (κ1) is 21.3. The number of hydrogen-bond donors (Lipinski definition) is 2. The highest BCUT2D eigenvalue weighted by Gasteiger charge is 2.17. The van der Waals surface area contributed by atoms with Gasteiger partial charge in [-0.3, -0.25) is 9.52 Å². The van der Waals surface area contributed by atoms with Gasteiger partial charge in [0.1, 0.15) is 18.2 Å². The number of nitrogens with one attached hydrogen (secondary N) is 2. The van der Waals surface area contributed by atoms with Crippen LogP contribution in [-0.4, -0.2) is 27.0 Å². The van der Waals surface area contributed by atoms with Crippen molar-refractivity contribution in [1.82, 2.24) is 5.32 Å². The Labute approximate surface area is 174 Å². The number of rotatable bonds is 8. The van der Waals surface area contributed by atoms with Gasteiger partial charge in [-0.25, -0.2) is 12.8 Å². The topological polar surface area (TPSA) is 84.5 Å². The normalized spacial score (nSPS) is 12.1. The fourth-order valence-corrected chi connectivity index (χ4v) is 3.73. The van der Waals surface area contributed by atoms with E-state index in [2.05, 4.69) is 10.0 Å². The van der Waals surface area contributed by atoms with Crippen molar-refractivity contribution in [2.24, 2.45) is 0 Å². The Morgan fingerprint density at radius 3 is 2.40 bits per heavy atom. The van der Waals surface area contributed by atoms with Gasteiger partial charge in [-0.2, -0.15) is 0 Å². The predicted octanol–water partition coefficient (Wildman–Crippen LogP) is 3.82. The molecule has 3 rings (SSSR count). The molecule has 0 fully saturated rings. The summed E-state index contributed by atoms with van der Waals surface area (Å²) in [6, 6.07) is 19.5. The number of para-hydroxylation sites is 1. The Hall–Kier alpha value is -3.39. The van der Waals surface area contributed by atoms with Crippen molar-refractivity contribution in [1.29, 1.82) is 0 Å². The zero-order valence-corrected chi connectivity index (χ0v) is 17.0. The van der Waals surface area contributed by atoms with Gasteiger partial charge in [-0.15, -0.1) is 0 Å². The molecular formula is C22H21FN2O4S. The van der Waals surface area contributed by atoms with Crippen LogP contribution in [0.25, 0.3) is 0 Å². The summed E-state index contributed by atoms with van der Waals surface area (Å²) >= 11 is 0. The lowest BCUT2D eigenvalue weighted by Gasteiger charge is -2.15. The molecule has 0 saturated heterocycles. The molecule has 0 spiro atoms. The predicted molar refractivity (Wildman–Crippen MR) is 113 cm³/mol. The Balaban J connectivity index is 1.64. The second-order valence-electron chi connectivity index (χ2n) is 6.64. The van der Waals surface area contributed by atoms with Crippen LogP contribution in [0.5, 0.6) is 5.75 Å². The second kappa shape index (κ2) is 9.41. The van der Waals surface area contributed by atoms with Gasteiger partial charge in [0, 0.05) is 11.3 Å². The number of benzene rings is 3. The third-order valence-electron chi connectivity index (χ3n) is 4.12. The van der Waals surface area contributed by atoms with E-state index in [-0.39, 0.29) is 28.8 Å². The van der Waals surface area contributed by atoms with Gasteiger partial charge in [0.15, 0.2) is 0 Å². The minimum absolute atomic E-state index is 0.0762. The molecule has 0 heterocycles. The highest BCUT2D eigenvalue weighted by Crippen LogP contribution is 2.18. The number of ether oxygens (including phenoxy) is 1. The molecule has 30 heavy (non-hydrogen) atoms. The lowest BCUT2D eigenvalue weighted by atomic mass is 10.2.